The summed E-state index contributed by atoms with van der Waals surface area (Å²) in [6.07, 6.45) is 3.88. The molecule has 0 aromatic heterocycles. The van der Waals surface area contributed by atoms with Gasteiger partial charge in [0.1, 0.15) is 12.8 Å². The number of nitrogens with one attached hydrogen (secondary N) is 1. The largest absolute Gasteiger partial charge is 0.463 e. The van der Waals surface area contributed by atoms with Crippen LogP contribution in [0.4, 0.5) is 5.69 Å². The lowest BCUT2D eigenvalue weighted by Crippen LogP contribution is -2.41. The molecule has 0 aliphatic carbocycles. The minimum Gasteiger partial charge on any atom is -0.463 e. The van der Waals surface area contributed by atoms with Gasteiger partial charge in [-0.05, 0) is 51.1 Å². The lowest BCUT2D eigenvalue weighted by Gasteiger charge is -2.27. The highest BCUT2D eigenvalue weighted by Gasteiger charge is 2.25. The van der Waals surface area contributed by atoms with Gasteiger partial charge in [-0.3, -0.25) is 4.90 Å². The number of likely N-dealkylation sites (tertiary alicyclic amines) is 1. The van der Waals surface area contributed by atoms with E-state index >= 15 is 0 Å². The number of nitrogens with zero attached hydrogens (tertiary/aromatic N) is 3. The average molecular weight is 357 g/mol. The summed E-state index contributed by atoms with van der Waals surface area (Å²) in [6.45, 7) is 5.88. The second kappa shape index (κ2) is 7.71. The molecule has 1 atom stereocenters. The van der Waals surface area contributed by atoms with Crippen LogP contribution >= 0.6 is 23.2 Å². The molecule has 2 heterocycles. The second-order valence-corrected chi connectivity index (χ2v) is 6.72. The molecule has 3 rings (SSSR count). The molecule has 2 aliphatic rings. The van der Waals surface area contributed by atoms with Crippen LogP contribution in [0.25, 0.3) is 0 Å². The summed E-state index contributed by atoms with van der Waals surface area (Å²) < 4.78 is 5.91. The van der Waals surface area contributed by atoms with E-state index in [1.807, 2.05) is 18.0 Å². The van der Waals surface area contributed by atoms with Crippen molar-refractivity contribution in [3.8, 4) is 0 Å². The number of benzene rings is 1. The fourth-order valence-electron chi connectivity index (χ4n) is 2.85. The van der Waals surface area contributed by atoms with Crippen LogP contribution in [-0.2, 0) is 4.74 Å². The number of hydrogen-bond donors (Lipinski definition) is 1. The van der Waals surface area contributed by atoms with E-state index in [-0.39, 0.29) is 6.17 Å². The first-order valence-corrected chi connectivity index (χ1v) is 8.83. The molecule has 0 saturated carbocycles. The Hall–Kier alpha value is -1.01. The van der Waals surface area contributed by atoms with Crippen LogP contribution in [0.5, 0.6) is 0 Å². The predicted octanol–water partition coefficient (Wildman–Crippen LogP) is 3.52. The number of rotatable bonds is 4. The minimum absolute atomic E-state index is 0.0329. The fourth-order valence-corrected chi connectivity index (χ4v) is 3.15. The molecule has 1 aromatic carbocycles. The minimum atomic E-state index is -0.0329. The van der Waals surface area contributed by atoms with Crippen LogP contribution < -0.4 is 10.4 Å². The summed E-state index contributed by atoms with van der Waals surface area (Å²) in [4.78, 5) is 6.94. The molecule has 23 heavy (non-hydrogen) atoms. The topological polar surface area (TPSA) is 40.1 Å². The normalized spacial score (nSPS) is 22.3. The number of aliphatic imine (C=N–C) groups is 1. The third-order valence-electron chi connectivity index (χ3n) is 4.06. The van der Waals surface area contributed by atoms with Crippen molar-refractivity contribution in [1.29, 1.82) is 0 Å². The van der Waals surface area contributed by atoms with Crippen molar-refractivity contribution in [2.45, 2.75) is 32.4 Å². The second-order valence-electron chi connectivity index (χ2n) is 5.90. The number of piperidine rings is 1. The summed E-state index contributed by atoms with van der Waals surface area (Å²) in [5.74, 6) is 0. The molecular weight excluding hydrogens is 335 g/mol. The first-order chi connectivity index (χ1) is 11.1. The predicted molar refractivity (Wildman–Crippen MR) is 95.2 cm³/mol. The molecule has 7 heteroatoms. The van der Waals surface area contributed by atoms with E-state index < -0.39 is 0 Å². The fraction of sp³-hybridized carbons (Fsp3) is 0.562. The Morgan fingerprint density at radius 1 is 1.22 bits per heavy atom. The molecule has 1 unspecified atom stereocenters. The van der Waals surface area contributed by atoms with E-state index in [1.54, 1.807) is 12.1 Å². The molecule has 0 radical (unpaired) electrons. The number of halogens is 2. The Morgan fingerprint density at radius 2 is 2.00 bits per heavy atom. The quantitative estimate of drug-likeness (QED) is 0.895. The van der Waals surface area contributed by atoms with Gasteiger partial charge >= 0.3 is 6.02 Å². The number of amidine groups is 1. The van der Waals surface area contributed by atoms with Crippen LogP contribution in [-0.4, -0.2) is 43.3 Å². The van der Waals surface area contributed by atoms with Crippen molar-refractivity contribution >= 4 is 34.9 Å². The summed E-state index contributed by atoms with van der Waals surface area (Å²) in [6, 6.07) is 6.05. The Bertz CT molecular complexity index is 575. The van der Waals surface area contributed by atoms with E-state index in [0.717, 1.165) is 12.2 Å². The van der Waals surface area contributed by atoms with Gasteiger partial charge in [-0.1, -0.05) is 29.6 Å². The van der Waals surface area contributed by atoms with Gasteiger partial charge in [0.2, 0.25) is 0 Å². The summed E-state index contributed by atoms with van der Waals surface area (Å²) in [7, 11) is 0. The Balaban J connectivity index is 1.59. The van der Waals surface area contributed by atoms with Crippen LogP contribution in [0.1, 0.15) is 26.2 Å². The Labute approximate surface area is 147 Å². The zero-order chi connectivity index (χ0) is 16.2. The molecule has 0 bridgehead atoms. The molecule has 1 aromatic rings. The first-order valence-electron chi connectivity index (χ1n) is 8.08. The van der Waals surface area contributed by atoms with E-state index in [1.165, 1.54) is 32.4 Å². The number of anilines is 1. The number of hydrogen-bond acceptors (Lipinski definition) is 5. The van der Waals surface area contributed by atoms with Gasteiger partial charge in [-0.2, -0.15) is 0 Å². The maximum absolute atomic E-state index is 6.11. The number of ether oxygens (including phenoxy) is 1. The summed E-state index contributed by atoms with van der Waals surface area (Å²) in [5.41, 5.74) is 4.11. The molecular formula is C16H22Cl2N4O. The SMILES string of the molecule is CC1N=C(OCCN2CCCCC2)N(c2ccc(Cl)c(Cl)c2)N1. The van der Waals surface area contributed by atoms with E-state index in [0.29, 0.717) is 22.7 Å². The molecule has 126 valence electrons. The van der Waals surface area contributed by atoms with Crippen molar-refractivity contribution in [2.75, 3.05) is 31.3 Å². The van der Waals surface area contributed by atoms with Crippen molar-refractivity contribution in [1.82, 2.24) is 10.3 Å². The van der Waals surface area contributed by atoms with Gasteiger partial charge in [0, 0.05) is 6.54 Å². The average Bonchev–Trinajstić information content (AvgIpc) is 2.92. The molecule has 2 aliphatic heterocycles. The lowest BCUT2D eigenvalue weighted by molar-refractivity contribution is 0.177. The summed E-state index contributed by atoms with van der Waals surface area (Å²) >= 11 is 12.1. The van der Waals surface area contributed by atoms with Crippen LogP contribution in [0, 0.1) is 0 Å². The van der Waals surface area contributed by atoms with Crippen molar-refractivity contribution in [3.05, 3.63) is 28.2 Å². The van der Waals surface area contributed by atoms with Crippen LogP contribution in [0.2, 0.25) is 10.0 Å². The lowest BCUT2D eigenvalue weighted by atomic mass is 10.1. The van der Waals surface area contributed by atoms with E-state index in [9.17, 15) is 0 Å². The molecule has 1 N–H and O–H groups in total. The smallest absolute Gasteiger partial charge is 0.308 e. The first kappa shape index (κ1) is 16.8. The third-order valence-corrected chi connectivity index (χ3v) is 4.80. The maximum Gasteiger partial charge on any atom is 0.308 e. The summed E-state index contributed by atoms with van der Waals surface area (Å²) in [5, 5.41) is 2.87. The molecule has 0 spiro atoms. The van der Waals surface area contributed by atoms with Gasteiger partial charge < -0.3 is 4.74 Å². The monoisotopic (exact) mass is 356 g/mol. The highest BCUT2D eigenvalue weighted by Crippen LogP contribution is 2.28. The zero-order valence-corrected chi connectivity index (χ0v) is 14.8. The van der Waals surface area contributed by atoms with Crippen molar-refractivity contribution < 1.29 is 4.74 Å². The molecule has 1 fully saturated rings. The molecule has 0 amide bonds. The highest BCUT2D eigenvalue weighted by atomic mass is 35.5. The van der Waals surface area contributed by atoms with Gasteiger partial charge in [-0.15, -0.1) is 0 Å². The van der Waals surface area contributed by atoms with Gasteiger partial charge in [0.15, 0.2) is 0 Å². The third kappa shape index (κ3) is 4.29. The Kier molecular flexibility index (Phi) is 5.64. The van der Waals surface area contributed by atoms with Crippen molar-refractivity contribution in [2.24, 2.45) is 4.99 Å². The van der Waals surface area contributed by atoms with E-state index in [2.05, 4.69) is 15.3 Å². The standard InChI is InChI=1S/C16H22Cl2N4O/c1-12-19-16(23-10-9-21-7-3-2-4-8-21)22(20-12)13-5-6-14(17)15(18)11-13/h5-6,11-12,20H,2-4,7-10H2,1H3. The highest BCUT2D eigenvalue weighted by molar-refractivity contribution is 6.42. The van der Waals surface area contributed by atoms with Crippen LogP contribution in [0.3, 0.4) is 0 Å². The Morgan fingerprint density at radius 3 is 2.74 bits per heavy atom. The van der Waals surface area contributed by atoms with Gasteiger partial charge in [0.25, 0.3) is 0 Å². The molecule has 5 nitrogen and oxygen atoms in total. The van der Waals surface area contributed by atoms with E-state index in [4.69, 9.17) is 27.9 Å². The van der Waals surface area contributed by atoms with Crippen molar-refractivity contribution in [3.63, 3.8) is 0 Å². The van der Waals surface area contributed by atoms with Gasteiger partial charge in [0.05, 0.1) is 15.7 Å². The van der Waals surface area contributed by atoms with Gasteiger partial charge in [-0.25, -0.2) is 15.4 Å². The van der Waals surface area contributed by atoms with Crippen LogP contribution in [0.15, 0.2) is 23.2 Å². The maximum atomic E-state index is 6.11. The molecule has 1 saturated heterocycles. The zero-order valence-electron chi connectivity index (χ0n) is 13.3. The number of hydrazine groups is 1.